The van der Waals surface area contributed by atoms with Crippen LogP contribution in [0.15, 0.2) is 61.3 Å². The monoisotopic (exact) mass is 370 g/mol. The number of benzene rings is 2. The highest BCUT2D eigenvalue weighted by Gasteiger charge is 2.12. The molecule has 0 spiro atoms. The van der Waals surface area contributed by atoms with Crippen molar-refractivity contribution in [2.24, 2.45) is 0 Å². The van der Waals surface area contributed by atoms with Crippen molar-refractivity contribution in [2.75, 3.05) is 6.26 Å². The van der Waals surface area contributed by atoms with Gasteiger partial charge in [0.05, 0.1) is 5.75 Å². The zero-order chi connectivity index (χ0) is 17.2. The summed E-state index contributed by atoms with van der Waals surface area (Å²) in [5, 5.41) is 11.7. The molecule has 0 N–H and O–H groups in total. The van der Waals surface area contributed by atoms with Crippen molar-refractivity contribution in [3.8, 4) is 0 Å². The van der Waals surface area contributed by atoms with E-state index in [-0.39, 0.29) is 5.63 Å². The Kier molecular flexibility index (Phi) is 4.50. The first-order valence-corrected chi connectivity index (χ1v) is 10.0. The number of nitrogens with zero attached hydrogens (tertiary/aromatic N) is 2. The lowest BCUT2D eigenvalue weighted by Crippen LogP contribution is -2.00. The lowest BCUT2D eigenvalue weighted by molar-refractivity contribution is 0.426. The summed E-state index contributed by atoms with van der Waals surface area (Å²) >= 11 is 3.05. The zero-order valence-corrected chi connectivity index (χ0v) is 15.0. The van der Waals surface area contributed by atoms with E-state index in [0.29, 0.717) is 28.2 Å². The van der Waals surface area contributed by atoms with Crippen LogP contribution in [0.4, 0.5) is 0 Å². The van der Waals surface area contributed by atoms with Gasteiger partial charge in [-0.3, -0.25) is 0 Å². The van der Waals surface area contributed by atoms with Crippen LogP contribution in [0, 0.1) is 0 Å². The van der Waals surface area contributed by atoms with Crippen molar-refractivity contribution >= 4 is 45.3 Å². The summed E-state index contributed by atoms with van der Waals surface area (Å²) in [7, 11) is 0. The van der Waals surface area contributed by atoms with Gasteiger partial charge in [0.15, 0.2) is 0 Å². The summed E-state index contributed by atoms with van der Waals surface area (Å²) < 4.78 is 11.0. The smallest absolute Gasteiger partial charge is 0.336 e. The van der Waals surface area contributed by atoms with E-state index < -0.39 is 0 Å². The fraction of sp³-hybridized carbons (Fsp3) is 0.167. The number of hydrogen-bond donors (Lipinski definition) is 0. The molecule has 2 heterocycles. The van der Waals surface area contributed by atoms with Crippen molar-refractivity contribution in [2.45, 2.75) is 16.7 Å². The third kappa shape index (κ3) is 3.29. The van der Waals surface area contributed by atoms with E-state index >= 15 is 0 Å². The second kappa shape index (κ2) is 6.93. The van der Waals surface area contributed by atoms with Crippen LogP contribution in [-0.2, 0) is 11.5 Å². The fourth-order valence-corrected chi connectivity index (χ4v) is 3.88. The third-order valence-electron chi connectivity index (χ3n) is 3.78. The largest absolute Gasteiger partial charge is 0.423 e. The van der Waals surface area contributed by atoms with Gasteiger partial charge in [0.1, 0.15) is 5.58 Å². The highest BCUT2D eigenvalue weighted by molar-refractivity contribution is 7.98. The van der Waals surface area contributed by atoms with Crippen LogP contribution >= 0.6 is 23.5 Å². The second-order valence-electron chi connectivity index (χ2n) is 5.43. The SMILES string of the molecule is CSCc1nnc(SCc2cc(=O)oc3ccc4ccccc4c23)o1. The van der Waals surface area contributed by atoms with E-state index in [1.165, 1.54) is 11.8 Å². The van der Waals surface area contributed by atoms with Gasteiger partial charge in [0.25, 0.3) is 5.22 Å². The van der Waals surface area contributed by atoms with Crippen molar-refractivity contribution in [1.29, 1.82) is 0 Å². The molecule has 25 heavy (non-hydrogen) atoms. The molecular formula is C18H14N2O3S2. The van der Waals surface area contributed by atoms with Gasteiger partial charge in [0.2, 0.25) is 5.89 Å². The van der Waals surface area contributed by atoms with E-state index in [4.69, 9.17) is 8.83 Å². The van der Waals surface area contributed by atoms with Gasteiger partial charge in [-0.25, -0.2) is 4.79 Å². The van der Waals surface area contributed by atoms with Crippen LogP contribution in [0.2, 0.25) is 0 Å². The third-order valence-corrected chi connectivity index (χ3v) is 5.18. The van der Waals surface area contributed by atoms with E-state index in [1.807, 2.05) is 42.7 Å². The number of fused-ring (bicyclic) bond motifs is 3. The van der Waals surface area contributed by atoms with Crippen molar-refractivity contribution in [1.82, 2.24) is 10.2 Å². The molecule has 4 rings (SSSR count). The van der Waals surface area contributed by atoms with Crippen LogP contribution < -0.4 is 5.63 Å². The van der Waals surface area contributed by atoms with Gasteiger partial charge in [-0.1, -0.05) is 42.1 Å². The zero-order valence-electron chi connectivity index (χ0n) is 13.4. The van der Waals surface area contributed by atoms with Gasteiger partial charge in [-0.15, -0.1) is 10.2 Å². The average Bonchev–Trinajstić information content (AvgIpc) is 3.07. The molecule has 0 amide bonds. The Bertz CT molecular complexity index is 1100. The molecule has 0 saturated carbocycles. The van der Waals surface area contributed by atoms with Gasteiger partial charge in [-0.2, -0.15) is 11.8 Å². The normalized spacial score (nSPS) is 11.4. The summed E-state index contributed by atoms with van der Waals surface area (Å²) in [4.78, 5) is 11.9. The first-order chi connectivity index (χ1) is 12.2. The number of thioether (sulfide) groups is 2. The molecule has 0 aliphatic rings. The maximum absolute atomic E-state index is 11.9. The molecule has 4 aromatic rings. The predicted molar refractivity (Wildman–Crippen MR) is 101 cm³/mol. The van der Waals surface area contributed by atoms with E-state index in [9.17, 15) is 4.79 Å². The molecule has 0 radical (unpaired) electrons. The van der Waals surface area contributed by atoms with Gasteiger partial charge in [-0.05, 0) is 28.7 Å². The Morgan fingerprint density at radius 3 is 2.80 bits per heavy atom. The van der Waals surface area contributed by atoms with Crippen molar-refractivity contribution in [3.05, 3.63) is 64.3 Å². The molecule has 0 saturated heterocycles. The van der Waals surface area contributed by atoms with Crippen LogP contribution in [0.3, 0.4) is 0 Å². The summed E-state index contributed by atoms with van der Waals surface area (Å²) in [5.41, 5.74) is 1.14. The molecular weight excluding hydrogens is 356 g/mol. The topological polar surface area (TPSA) is 69.1 Å². The quantitative estimate of drug-likeness (QED) is 0.291. The molecule has 0 aliphatic heterocycles. The highest BCUT2D eigenvalue weighted by Crippen LogP contribution is 2.31. The molecule has 2 aromatic carbocycles. The van der Waals surface area contributed by atoms with E-state index in [2.05, 4.69) is 10.2 Å². The standard InChI is InChI=1S/C18H14N2O3S2/c1-24-10-15-19-20-18(23-15)25-9-12-8-16(21)22-14-7-6-11-4-2-3-5-13(11)17(12)14/h2-8H,9-10H2,1H3. The minimum atomic E-state index is -0.355. The summed E-state index contributed by atoms with van der Waals surface area (Å²) in [6.07, 6.45) is 1.98. The number of rotatable bonds is 5. The molecule has 2 aromatic heterocycles. The maximum Gasteiger partial charge on any atom is 0.336 e. The molecule has 5 nitrogen and oxygen atoms in total. The molecule has 126 valence electrons. The van der Waals surface area contributed by atoms with Crippen molar-refractivity contribution in [3.63, 3.8) is 0 Å². The molecule has 7 heteroatoms. The lowest BCUT2D eigenvalue weighted by atomic mass is 10.0. The first-order valence-electron chi connectivity index (χ1n) is 7.63. The minimum Gasteiger partial charge on any atom is -0.423 e. The summed E-state index contributed by atoms with van der Waals surface area (Å²) in [6.45, 7) is 0. The molecule has 0 bridgehead atoms. The predicted octanol–water partition coefficient (Wildman–Crippen LogP) is 4.48. The van der Waals surface area contributed by atoms with Gasteiger partial charge < -0.3 is 8.83 Å². The van der Waals surface area contributed by atoms with Crippen LogP contribution in [0.25, 0.3) is 21.7 Å². The van der Waals surface area contributed by atoms with Crippen LogP contribution in [0.1, 0.15) is 11.5 Å². The Morgan fingerprint density at radius 1 is 1.04 bits per heavy atom. The van der Waals surface area contributed by atoms with Gasteiger partial charge in [0, 0.05) is 17.2 Å². The molecule has 0 unspecified atom stereocenters. The van der Waals surface area contributed by atoms with Crippen LogP contribution in [-0.4, -0.2) is 16.5 Å². The van der Waals surface area contributed by atoms with Crippen molar-refractivity contribution < 1.29 is 8.83 Å². The number of hydrogen-bond acceptors (Lipinski definition) is 7. The molecule has 0 atom stereocenters. The maximum atomic E-state index is 11.9. The minimum absolute atomic E-state index is 0.355. The summed E-state index contributed by atoms with van der Waals surface area (Å²) in [6, 6.07) is 13.4. The highest BCUT2D eigenvalue weighted by atomic mass is 32.2. The molecule has 0 fully saturated rings. The average molecular weight is 370 g/mol. The Hall–Kier alpha value is -2.25. The fourth-order valence-electron chi connectivity index (χ4n) is 2.75. The lowest BCUT2D eigenvalue weighted by Gasteiger charge is -2.07. The van der Waals surface area contributed by atoms with E-state index in [1.54, 1.807) is 17.8 Å². The van der Waals surface area contributed by atoms with E-state index in [0.717, 1.165) is 21.7 Å². The summed E-state index contributed by atoms with van der Waals surface area (Å²) in [5.74, 6) is 1.85. The Morgan fingerprint density at radius 2 is 1.92 bits per heavy atom. The number of aromatic nitrogens is 2. The van der Waals surface area contributed by atoms with Crippen LogP contribution in [0.5, 0.6) is 0 Å². The van der Waals surface area contributed by atoms with Gasteiger partial charge >= 0.3 is 5.63 Å². The second-order valence-corrected chi connectivity index (χ2v) is 7.23. The Labute approximate surface area is 151 Å². The Balaban J connectivity index is 1.74. The first kappa shape index (κ1) is 16.2. The molecule has 0 aliphatic carbocycles.